The highest BCUT2D eigenvalue weighted by atomic mass is 16.2. The molecule has 1 N–H and O–H groups in total. The van der Waals surface area contributed by atoms with Crippen molar-refractivity contribution in [3.63, 3.8) is 0 Å². The Balaban J connectivity index is 1.97. The third kappa shape index (κ3) is 3.40. The first kappa shape index (κ1) is 18.6. The van der Waals surface area contributed by atoms with Crippen LogP contribution in [0.15, 0.2) is 46.1 Å². The lowest BCUT2D eigenvalue weighted by Crippen LogP contribution is -2.37. The van der Waals surface area contributed by atoms with E-state index in [4.69, 9.17) is 0 Å². The first-order valence-corrected chi connectivity index (χ1v) is 8.76. The topological polar surface area (TPSA) is 86.0 Å². The molecule has 2 heterocycles. The van der Waals surface area contributed by atoms with Crippen LogP contribution in [-0.2, 0) is 14.1 Å². The van der Waals surface area contributed by atoms with Crippen LogP contribution in [0.3, 0.4) is 0 Å². The molecule has 0 saturated carbocycles. The molecular formula is C20H22N4O3. The van der Waals surface area contributed by atoms with E-state index in [0.717, 1.165) is 22.1 Å². The first-order chi connectivity index (χ1) is 12.8. The van der Waals surface area contributed by atoms with E-state index < -0.39 is 11.2 Å². The van der Waals surface area contributed by atoms with Gasteiger partial charge in [0.05, 0.1) is 17.0 Å². The van der Waals surface area contributed by atoms with Crippen molar-refractivity contribution in [2.45, 2.75) is 26.3 Å². The summed E-state index contributed by atoms with van der Waals surface area (Å²) < 4.78 is 2.30. The van der Waals surface area contributed by atoms with Crippen molar-refractivity contribution in [3.8, 4) is 0 Å². The summed E-state index contributed by atoms with van der Waals surface area (Å²) >= 11 is 0. The molecule has 0 fully saturated rings. The molecule has 0 aliphatic carbocycles. The van der Waals surface area contributed by atoms with Crippen molar-refractivity contribution in [1.82, 2.24) is 19.4 Å². The molecule has 1 unspecified atom stereocenters. The van der Waals surface area contributed by atoms with Gasteiger partial charge in [-0.25, -0.2) is 9.78 Å². The maximum Gasteiger partial charge on any atom is 0.332 e. The van der Waals surface area contributed by atoms with E-state index in [1.165, 1.54) is 23.9 Å². The third-order valence-corrected chi connectivity index (χ3v) is 4.75. The Labute approximate surface area is 156 Å². The van der Waals surface area contributed by atoms with Crippen LogP contribution >= 0.6 is 0 Å². The summed E-state index contributed by atoms with van der Waals surface area (Å²) in [6, 6.07) is 9.35. The van der Waals surface area contributed by atoms with Crippen LogP contribution in [0.4, 0.5) is 0 Å². The summed E-state index contributed by atoms with van der Waals surface area (Å²) in [6.07, 6.45) is 2.12. The van der Waals surface area contributed by atoms with Crippen LogP contribution in [0.1, 0.15) is 40.9 Å². The lowest BCUT2D eigenvalue weighted by Gasteiger charge is -2.18. The van der Waals surface area contributed by atoms with Gasteiger partial charge in [0, 0.05) is 20.3 Å². The van der Waals surface area contributed by atoms with Gasteiger partial charge >= 0.3 is 5.69 Å². The number of rotatable bonds is 4. The van der Waals surface area contributed by atoms with E-state index in [9.17, 15) is 14.4 Å². The van der Waals surface area contributed by atoms with Crippen LogP contribution in [0, 0.1) is 6.92 Å². The standard InChI is InChI=1S/C20H22N4O3/c1-5-16(13-8-6-12(2)7-9-13)22-18(25)14-10-15-17(21-11-14)23(3)20(27)24(4)19(15)26/h6-11,16H,5H2,1-4H3,(H,22,25). The molecule has 140 valence electrons. The molecule has 7 heteroatoms. The van der Waals surface area contributed by atoms with Gasteiger partial charge < -0.3 is 5.32 Å². The smallest absolute Gasteiger partial charge is 0.332 e. The van der Waals surface area contributed by atoms with Gasteiger partial charge in [0.1, 0.15) is 5.65 Å². The number of pyridine rings is 1. The lowest BCUT2D eigenvalue weighted by molar-refractivity contribution is 0.0935. The van der Waals surface area contributed by atoms with Crippen molar-refractivity contribution in [2.24, 2.45) is 14.1 Å². The molecular weight excluding hydrogens is 344 g/mol. The average molecular weight is 366 g/mol. The van der Waals surface area contributed by atoms with Crippen LogP contribution in [-0.4, -0.2) is 20.0 Å². The van der Waals surface area contributed by atoms with Crippen molar-refractivity contribution < 1.29 is 4.79 Å². The molecule has 1 amide bonds. The first-order valence-electron chi connectivity index (χ1n) is 8.76. The Bertz CT molecular complexity index is 1130. The fourth-order valence-electron chi connectivity index (χ4n) is 3.05. The van der Waals surface area contributed by atoms with Crippen LogP contribution in [0.5, 0.6) is 0 Å². The van der Waals surface area contributed by atoms with Crippen LogP contribution in [0.2, 0.25) is 0 Å². The van der Waals surface area contributed by atoms with E-state index in [0.29, 0.717) is 0 Å². The Morgan fingerprint density at radius 2 is 1.81 bits per heavy atom. The number of nitrogens with one attached hydrogen (secondary N) is 1. The predicted molar refractivity (Wildman–Crippen MR) is 104 cm³/mol. The van der Waals surface area contributed by atoms with E-state index in [-0.39, 0.29) is 28.5 Å². The minimum Gasteiger partial charge on any atom is -0.345 e. The number of hydrogen-bond donors (Lipinski definition) is 1. The number of hydrogen-bond acceptors (Lipinski definition) is 4. The third-order valence-electron chi connectivity index (χ3n) is 4.75. The fourth-order valence-corrected chi connectivity index (χ4v) is 3.05. The zero-order chi connectivity index (χ0) is 19.7. The molecule has 1 atom stereocenters. The Morgan fingerprint density at radius 1 is 1.15 bits per heavy atom. The maximum atomic E-state index is 12.7. The Hall–Kier alpha value is -3.22. The van der Waals surface area contributed by atoms with Gasteiger partial charge in [0.2, 0.25) is 0 Å². The van der Waals surface area contributed by atoms with E-state index in [2.05, 4.69) is 10.3 Å². The largest absolute Gasteiger partial charge is 0.345 e. The number of fused-ring (bicyclic) bond motifs is 1. The molecule has 7 nitrogen and oxygen atoms in total. The second-order valence-electron chi connectivity index (χ2n) is 6.65. The van der Waals surface area contributed by atoms with Gasteiger partial charge in [-0.15, -0.1) is 0 Å². The van der Waals surface area contributed by atoms with Crippen molar-refractivity contribution >= 4 is 16.9 Å². The number of carbonyl (C=O) groups excluding carboxylic acids is 1. The number of nitrogens with zero attached hydrogens (tertiary/aromatic N) is 3. The maximum absolute atomic E-state index is 12.7. The van der Waals surface area contributed by atoms with Crippen LogP contribution < -0.4 is 16.6 Å². The van der Waals surface area contributed by atoms with Crippen molar-refractivity contribution in [3.05, 3.63) is 74.1 Å². The lowest BCUT2D eigenvalue weighted by atomic mass is 10.0. The SMILES string of the molecule is CCC(NC(=O)c1cnc2c(c1)c(=O)n(C)c(=O)n2C)c1ccc(C)cc1. The molecule has 0 spiro atoms. The predicted octanol–water partition coefficient (Wildman–Crippen LogP) is 1.82. The molecule has 27 heavy (non-hydrogen) atoms. The molecule has 0 bridgehead atoms. The number of aryl methyl sites for hydroxylation is 2. The van der Waals surface area contributed by atoms with Gasteiger partial charge in [0.15, 0.2) is 0 Å². The number of amides is 1. The summed E-state index contributed by atoms with van der Waals surface area (Å²) in [6.45, 7) is 4.01. The minimum atomic E-state index is -0.471. The van der Waals surface area contributed by atoms with Gasteiger partial charge in [0.25, 0.3) is 11.5 Å². The van der Waals surface area contributed by atoms with Gasteiger partial charge in [-0.3, -0.25) is 18.7 Å². The number of aromatic nitrogens is 3. The van der Waals surface area contributed by atoms with Crippen molar-refractivity contribution in [1.29, 1.82) is 0 Å². The summed E-state index contributed by atoms with van der Waals surface area (Å²) in [5, 5.41) is 3.22. The summed E-state index contributed by atoms with van der Waals surface area (Å²) in [7, 11) is 2.95. The average Bonchev–Trinajstić information content (AvgIpc) is 2.69. The Kier molecular flexibility index (Phi) is 4.94. The fraction of sp³-hybridized carbons (Fsp3) is 0.300. The van der Waals surface area contributed by atoms with E-state index >= 15 is 0 Å². The highest BCUT2D eigenvalue weighted by Crippen LogP contribution is 2.18. The summed E-state index contributed by atoms with van der Waals surface area (Å²) in [4.78, 5) is 41.3. The number of benzene rings is 1. The van der Waals surface area contributed by atoms with E-state index in [1.807, 2.05) is 38.1 Å². The monoisotopic (exact) mass is 366 g/mol. The molecule has 0 saturated heterocycles. The molecule has 0 aliphatic heterocycles. The van der Waals surface area contributed by atoms with E-state index in [1.54, 1.807) is 7.05 Å². The zero-order valence-corrected chi connectivity index (χ0v) is 15.8. The highest BCUT2D eigenvalue weighted by Gasteiger charge is 2.17. The van der Waals surface area contributed by atoms with Crippen molar-refractivity contribution in [2.75, 3.05) is 0 Å². The Morgan fingerprint density at radius 3 is 2.44 bits per heavy atom. The summed E-state index contributed by atoms with van der Waals surface area (Å²) in [5.74, 6) is -0.312. The van der Waals surface area contributed by atoms with Gasteiger partial charge in [-0.05, 0) is 25.0 Å². The molecule has 1 aromatic carbocycles. The quantitative estimate of drug-likeness (QED) is 0.763. The second kappa shape index (κ2) is 7.19. The molecule has 0 aliphatic rings. The highest BCUT2D eigenvalue weighted by molar-refractivity contribution is 5.96. The molecule has 0 radical (unpaired) electrons. The van der Waals surface area contributed by atoms with Gasteiger partial charge in [-0.1, -0.05) is 36.8 Å². The second-order valence-corrected chi connectivity index (χ2v) is 6.65. The summed E-state index contributed by atoms with van der Waals surface area (Å²) in [5.41, 5.74) is 1.78. The van der Waals surface area contributed by atoms with Crippen LogP contribution in [0.25, 0.3) is 11.0 Å². The zero-order valence-electron chi connectivity index (χ0n) is 15.8. The molecule has 3 rings (SSSR count). The molecule has 2 aromatic heterocycles. The molecule has 3 aromatic rings. The minimum absolute atomic E-state index is 0.142. The normalized spacial score (nSPS) is 12.1. The van der Waals surface area contributed by atoms with Gasteiger partial charge in [-0.2, -0.15) is 0 Å². The number of carbonyl (C=O) groups is 1.